The Balaban J connectivity index is 0.000000568. The first-order valence-electron chi connectivity index (χ1n) is 12.0. The molecule has 1 saturated heterocycles. The van der Waals surface area contributed by atoms with Gasteiger partial charge in [0.2, 0.25) is 0 Å². The fourth-order valence-corrected chi connectivity index (χ4v) is 5.27. The number of likely N-dealkylation sites (tertiary alicyclic amines) is 1. The number of nitrogens with zero attached hydrogens (tertiary/aromatic N) is 3. The van der Waals surface area contributed by atoms with Gasteiger partial charge in [-0.1, -0.05) is 35.1 Å². The summed E-state index contributed by atoms with van der Waals surface area (Å²) in [6, 6.07) is 16.2. The molecule has 1 fully saturated rings. The van der Waals surface area contributed by atoms with Crippen LogP contribution in [0.2, 0.25) is 5.02 Å². The molecule has 1 aromatic heterocycles. The third kappa shape index (κ3) is 8.57. The van der Waals surface area contributed by atoms with Crippen LogP contribution in [0.3, 0.4) is 0 Å². The molecule has 0 amide bonds. The predicted octanol–water partition coefficient (Wildman–Crippen LogP) is 4.49. The molecule has 9 nitrogen and oxygen atoms in total. The van der Waals surface area contributed by atoms with Gasteiger partial charge in [0, 0.05) is 32.3 Å². The number of rotatable bonds is 9. The minimum Gasteiger partial charge on any atom is -0.494 e. The van der Waals surface area contributed by atoms with Gasteiger partial charge >= 0.3 is 11.9 Å². The van der Waals surface area contributed by atoms with Gasteiger partial charge in [-0.05, 0) is 62.2 Å². The Labute approximate surface area is 225 Å². The molecule has 1 aliphatic rings. The molecule has 37 heavy (non-hydrogen) atoms. The summed E-state index contributed by atoms with van der Waals surface area (Å²) in [5.74, 6) is -2.77. The van der Waals surface area contributed by atoms with Crippen LogP contribution >= 0.6 is 22.9 Å². The van der Waals surface area contributed by atoms with Gasteiger partial charge in [-0.2, -0.15) is 0 Å². The Morgan fingerprint density at radius 1 is 1.14 bits per heavy atom. The summed E-state index contributed by atoms with van der Waals surface area (Å²) in [6.07, 6.45) is 3.40. The summed E-state index contributed by atoms with van der Waals surface area (Å²) in [4.78, 5) is 27.9. The maximum atomic E-state index is 9.10. The second-order valence-electron chi connectivity index (χ2n) is 8.63. The molecule has 2 aromatic carbocycles. The maximum absolute atomic E-state index is 9.10. The fraction of sp³-hybridized carbons (Fsp3) is 0.423. The summed E-state index contributed by atoms with van der Waals surface area (Å²) >= 11 is 7.67. The van der Waals surface area contributed by atoms with Crippen molar-refractivity contribution < 1.29 is 29.3 Å². The molecule has 2 heterocycles. The molecular formula is C26H32ClN3O6S. The van der Waals surface area contributed by atoms with E-state index in [9.17, 15) is 0 Å². The van der Waals surface area contributed by atoms with Gasteiger partial charge in [0.1, 0.15) is 5.75 Å². The Morgan fingerprint density at radius 2 is 1.84 bits per heavy atom. The van der Waals surface area contributed by atoms with Crippen molar-refractivity contribution in [3.05, 3.63) is 53.6 Å². The molecule has 0 radical (unpaired) electrons. The highest BCUT2D eigenvalue weighted by atomic mass is 35.5. The molecule has 3 aromatic rings. The second-order valence-corrected chi connectivity index (χ2v) is 10.1. The van der Waals surface area contributed by atoms with Crippen LogP contribution in [0.1, 0.15) is 19.3 Å². The van der Waals surface area contributed by atoms with E-state index in [1.54, 1.807) is 11.3 Å². The van der Waals surface area contributed by atoms with Gasteiger partial charge in [-0.15, -0.1) is 0 Å². The number of methoxy groups -OCH3 is 1. The summed E-state index contributed by atoms with van der Waals surface area (Å²) in [5.41, 5.74) is 1.07. The molecule has 0 unspecified atom stereocenters. The number of carbonyl (C=O) groups is 2. The summed E-state index contributed by atoms with van der Waals surface area (Å²) in [6.45, 7) is 3.83. The zero-order chi connectivity index (χ0) is 26.8. The molecule has 4 rings (SSSR count). The quantitative estimate of drug-likeness (QED) is 0.294. The molecule has 2 N–H and O–H groups in total. The minimum absolute atomic E-state index is 0.177. The van der Waals surface area contributed by atoms with E-state index in [2.05, 4.69) is 35.0 Å². The van der Waals surface area contributed by atoms with Crippen molar-refractivity contribution in [3.8, 4) is 5.75 Å². The van der Waals surface area contributed by atoms with Crippen molar-refractivity contribution >= 4 is 50.2 Å². The number of carboxylic acid groups (broad SMARTS) is 2. The minimum atomic E-state index is -1.82. The van der Waals surface area contributed by atoms with Crippen molar-refractivity contribution in [1.29, 1.82) is 0 Å². The van der Waals surface area contributed by atoms with Gasteiger partial charge in [-0.25, -0.2) is 14.6 Å². The Morgan fingerprint density at radius 3 is 2.49 bits per heavy atom. The lowest BCUT2D eigenvalue weighted by Gasteiger charge is -2.41. The summed E-state index contributed by atoms with van der Waals surface area (Å²) < 4.78 is 12.9. The molecular weight excluding hydrogens is 518 g/mol. The number of hydrogen-bond acceptors (Lipinski definition) is 8. The number of thiazole rings is 1. The first kappa shape index (κ1) is 28.6. The fourth-order valence-electron chi connectivity index (χ4n) is 4.16. The molecule has 0 aliphatic carbocycles. The lowest BCUT2D eigenvalue weighted by atomic mass is 10.0. The van der Waals surface area contributed by atoms with Crippen LogP contribution < -0.4 is 9.64 Å². The van der Waals surface area contributed by atoms with Crippen molar-refractivity contribution in [2.75, 3.05) is 45.3 Å². The van der Waals surface area contributed by atoms with E-state index < -0.39 is 11.9 Å². The summed E-state index contributed by atoms with van der Waals surface area (Å²) in [7, 11) is 3.98. The van der Waals surface area contributed by atoms with E-state index in [0.29, 0.717) is 6.04 Å². The Bertz CT molecular complexity index is 1110. The highest BCUT2D eigenvalue weighted by Crippen LogP contribution is 2.31. The van der Waals surface area contributed by atoms with Crippen LogP contribution in [0.25, 0.3) is 10.2 Å². The van der Waals surface area contributed by atoms with Crippen LogP contribution in [0, 0.1) is 0 Å². The van der Waals surface area contributed by atoms with Crippen LogP contribution in [-0.4, -0.2) is 84.6 Å². The van der Waals surface area contributed by atoms with Crippen LogP contribution in [0.4, 0.5) is 5.13 Å². The number of likely N-dealkylation sites (N-methyl/N-ethyl adjacent to an activating group) is 1. The number of halogens is 1. The molecule has 0 bridgehead atoms. The molecule has 1 aliphatic heterocycles. The van der Waals surface area contributed by atoms with E-state index in [1.165, 1.54) is 4.70 Å². The van der Waals surface area contributed by atoms with E-state index in [0.717, 1.165) is 66.9 Å². The first-order chi connectivity index (χ1) is 17.8. The van der Waals surface area contributed by atoms with E-state index in [4.69, 9.17) is 45.9 Å². The van der Waals surface area contributed by atoms with Gasteiger partial charge in [-0.3, -0.25) is 0 Å². The van der Waals surface area contributed by atoms with Gasteiger partial charge in [0.05, 0.1) is 29.0 Å². The number of para-hydroxylation sites is 1. The maximum Gasteiger partial charge on any atom is 0.414 e. The van der Waals surface area contributed by atoms with Gasteiger partial charge in [0.15, 0.2) is 5.13 Å². The molecule has 0 spiro atoms. The monoisotopic (exact) mass is 549 g/mol. The largest absolute Gasteiger partial charge is 0.494 e. The SMILES string of the molecule is CO[C@H]1CN(CCCCOc2ccc(Cl)cc2)CC[C@H]1N(C)c1nc2ccccc2s1.O=C(O)C(=O)O. The predicted molar refractivity (Wildman–Crippen MR) is 145 cm³/mol. The number of piperidine rings is 1. The van der Waals surface area contributed by atoms with Crippen LogP contribution in [0.5, 0.6) is 5.75 Å². The molecule has 2 atom stereocenters. The number of unbranched alkanes of at least 4 members (excludes halogenated alkanes) is 1. The van der Waals surface area contributed by atoms with Crippen molar-refractivity contribution in [2.24, 2.45) is 0 Å². The average molecular weight is 550 g/mol. The van der Waals surface area contributed by atoms with E-state index in [1.807, 2.05) is 37.4 Å². The topological polar surface area (TPSA) is 112 Å². The smallest absolute Gasteiger partial charge is 0.414 e. The number of aliphatic carboxylic acids is 2. The van der Waals surface area contributed by atoms with Crippen LogP contribution in [0.15, 0.2) is 48.5 Å². The zero-order valence-corrected chi connectivity index (χ0v) is 22.5. The Kier molecular flexibility index (Phi) is 10.9. The zero-order valence-electron chi connectivity index (χ0n) is 20.9. The van der Waals surface area contributed by atoms with Gasteiger partial charge in [0.25, 0.3) is 0 Å². The summed E-state index contributed by atoms with van der Waals surface area (Å²) in [5, 5.41) is 16.6. The lowest BCUT2D eigenvalue weighted by molar-refractivity contribution is -0.159. The first-order valence-corrected chi connectivity index (χ1v) is 13.2. The van der Waals surface area contributed by atoms with Crippen molar-refractivity contribution in [1.82, 2.24) is 9.88 Å². The van der Waals surface area contributed by atoms with E-state index in [-0.39, 0.29) is 6.10 Å². The number of aromatic nitrogens is 1. The number of anilines is 1. The highest BCUT2D eigenvalue weighted by Gasteiger charge is 2.33. The molecule has 11 heteroatoms. The van der Waals surface area contributed by atoms with Crippen LogP contribution in [-0.2, 0) is 14.3 Å². The normalized spacial score (nSPS) is 17.6. The number of ether oxygens (including phenoxy) is 2. The number of fused-ring (bicyclic) bond motifs is 1. The van der Waals surface area contributed by atoms with Crippen molar-refractivity contribution in [3.63, 3.8) is 0 Å². The number of benzene rings is 2. The second kappa shape index (κ2) is 14.1. The highest BCUT2D eigenvalue weighted by molar-refractivity contribution is 7.22. The standard InChI is InChI=1S/C24H30ClN3O2S.C2H2O4/c1-27(24-26-20-7-3-4-8-23(20)31-24)21-13-15-28(17-22(21)29-2)14-5-6-16-30-19-11-9-18(25)10-12-19;3-1(4)2(5)6/h3-4,7-12,21-22H,5-6,13-17H2,1-2H3;(H,3,4)(H,5,6)/t21-,22+;/m1./s1. The van der Waals surface area contributed by atoms with E-state index >= 15 is 0 Å². The Hall–Kier alpha value is -2.92. The lowest BCUT2D eigenvalue weighted by Crippen LogP contribution is -2.54. The third-order valence-electron chi connectivity index (χ3n) is 6.13. The molecule has 0 saturated carbocycles. The molecule has 200 valence electrons. The van der Waals surface area contributed by atoms with Gasteiger partial charge < -0.3 is 29.5 Å². The van der Waals surface area contributed by atoms with Crippen molar-refractivity contribution in [2.45, 2.75) is 31.4 Å². The third-order valence-corrected chi connectivity index (χ3v) is 7.51. The average Bonchev–Trinajstić information content (AvgIpc) is 3.34. The number of carboxylic acids is 2. The number of hydrogen-bond donors (Lipinski definition) is 2.